The van der Waals surface area contributed by atoms with Crippen LogP contribution >= 0.6 is 0 Å². The summed E-state index contributed by atoms with van der Waals surface area (Å²) >= 11 is 0. The average Bonchev–Trinajstić information content (AvgIpc) is 2.12. The Morgan fingerprint density at radius 2 is 2.50 bits per heavy atom. The molecule has 8 heavy (non-hydrogen) atoms. The zero-order valence-corrected chi connectivity index (χ0v) is 4.50. The Hall–Kier alpha value is -0.970. The van der Waals surface area contributed by atoms with Gasteiger partial charge in [0, 0.05) is 0 Å². The van der Waals surface area contributed by atoms with Crippen LogP contribution in [0, 0.1) is 0 Å². The minimum atomic E-state index is -0.131. The normalized spacial score (nSPS) is 13.8. The van der Waals surface area contributed by atoms with E-state index in [1.54, 1.807) is 6.92 Å². The second kappa shape index (κ2) is 1.87. The summed E-state index contributed by atoms with van der Waals surface area (Å²) in [6, 6.07) is -0.131. The number of aromatic amines is 1. The van der Waals surface area contributed by atoms with Gasteiger partial charge >= 0.3 is 0 Å². The number of hydrogen-bond acceptors (Lipinski definition) is 4. The van der Waals surface area contributed by atoms with Crippen molar-refractivity contribution in [3.63, 3.8) is 0 Å². The van der Waals surface area contributed by atoms with Crippen LogP contribution in [0.5, 0.6) is 0 Å². The maximum Gasteiger partial charge on any atom is 0.190 e. The summed E-state index contributed by atoms with van der Waals surface area (Å²) < 4.78 is 0. The SMILES string of the molecule is C[C@H](N)c1nn[nH]n1. The molecule has 1 atom stereocenters. The van der Waals surface area contributed by atoms with Crippen molar-refractivity contribution in [2.75, 3.05) is 0 Å². The summed E-state index contributed by atoms with van der Waals surface area (Å²) in [5.41, 5.74) is 5.37. The predicted molar refractivity (Wildman–Crippen MR) is 26.8 cm³/mol. The number of nitrogens with one attached hydrogen (secondary N) is 1. The highest BCUT2D eigenvalue weighted by molar-refractivity contribution is 4.82. The van der Waals surface area contributed by atoms with E-state index in [0.29, 0.717) is 5.82 Å². The van der Waals surface area contributed by atoms with Crippen molar-refractivity contribution in [3.8, 4) is 0 Å². The van der Waals surface area contributed by atoms with Crippen LogP contribution in [0.3, 0.4) is 0 Å². The summed E-state index contributed by atoms with van der Waals surface area (Å²) in [7, 11) is 0. The van der Waals surface area contributed by atoms with Gasteiger partial charge in [0.25, 0.3) is 0 Å². The van der Waals surface area contributed by atoms with E-state index in [4.69, 9.17) is 5.73 Å². The van der Waals surface area contributed by atoms with E-state index in [-0.39, 0.29) is 6.04 Å². The molecule has 1 aromatic rings. The Bertz CT molecular complexity index is 143. The quantitative estimate of drug-likeness (QED) is 0.500. The highest BCUT2D eigenvalue weighted by Crippen LogP contribution is 1.95. The second-order valence-electron chi connectivity index (χ2n) is 1.56. The van der Waals surface area contributed by atoms with E-state index < -0.39 is 0 Å². The fraction of sp³-hybridized carbons (Fsp3) is 0.667. The van der Waals surface area contributed by atoms with Gasteiger partial charge in [0.05, 0.1) is 6.04 Å². The Morgan fingerprint density at radius 3 is 2.75 bits per heavy atom. The maximum absolute atomic E-state index is 5.37. The summed E-state index contributed by atoms with van der Waals surface area (Å²) in [6.45, 7) is 1.80. The third-order valence-electron chi connectivity index (χ3n) is 0.769. The largest absolute Gasteiger partial charge is 0.321 e. The number of H-pyrrole nitrogens is 1. The smallest absolute Gasteiger partial charge is 0.190 e. The number of rotatable bonds is 1. The van der Waals surface area contributed by atoms with Gasteiger partial charge in [0.1, 0.15) is 0 Å². The predicted octanol–water partition coefficient (Wildman–Crippen LogP) is -0.781. The van der Waals surface area contributed by atoms with Crippen LogP contribution in [0.15, 0.2) is 0 Å². The van der Waals surface area contributed by atoms with Crippen LogP contribution in [-0.4, -0.2) is 20.6 Å². The molecule has 0 fully saturated rings. The molecule has 0 aliphatic rings. The van der Waals surface area contributed by atoms with Crippen molar-refractivity contribution in [1.82, 2.24) is 20.6 Å². The van der Waals surface area contributed by atoms with Crippen LogP contribution in [0.4, 0.5) is 0 Å². The van der Waals surface area contributed by atoms with Crippen molar-refractivity contribution < 1.29 is 0 Å². The van der Waals surface area contributed by atoms with E-state index in [9.17, 15) is 0 Å². The number of aromatic nitrogens is 4. The first-order valence-electron chi connectivity index (χ1n) is 2.29. The molecule has 0 bridgehead atoms. The van der Waals surface area contributed by atoms with Crippen molar-refractivity contribution in [1.29, 1.82) is 0 Å². The molecule has 0 radical (unpaired) electrons. The van der Waals surface area contributed by atoms with Crippen LogP contribution < -0.4 is 5.73 Å². The lowest BCUT2D eigenvalue weighted by atomic mass is 10.4. The van der Waals surface area contributed by atoms with Gasteiger partial charge in [-0.15, -0.1) is 10.2 Å². The van der Waals surface area contributed by atoms with Gasteiger partial charge in [-0.1, -0.05) is 5.21 Å². The molecule has 1 aromatic heterocycles. The number of nitrogens with zero attached hydrogens (tertiary/aromatic N) is 3. The molecule has 5 heteroatoms. The van der Waals surface area contributed by atoms with Gasteiger partial charge < -0.3 is 5.73 Å². The molecule has 44 valence electrons. The van der Waals surface area contributed by atoms with Gasteiger partial charge in [-0.05, 0) is 6.92 Å². The van der Waals surface area contributed by atoms with E-state index in [0.717, 1.165) is 0 Å². The van der Waals surface area contributed by atoms with Crippen molar-refractivity contribution in [2.24, 2.45) is 5.73 Å². The molecule has 0 spiro atoms. The fourth-order valence-electron chi connectivity index (χ4n) is 0.362. The first-order valence-corrected chi connectivity index (χ1v) is 2.29. The lowest BCUT2D eigenvalue weighted by molar-refractivity contribution is 0.742. The topological polar surface area (TPSA) is 80.5 Å². The molecular weight excluding hydrogens is 106 g/mol. The molecule has 0 unspecified atom stereocenters. The van der Waals surface area contributed by atoms with E-state index in [2.05, 4.69) is 20.6 Å². The Kier molecular flexibility index (Phi) is 1.21. The molecule has 5 nitrogen and oxygen atoms in total. The summed E-state index contributed by atoms with van der Waals surface area (Å²) in [5.74, 6) is 0.546. The van der Waals surface area contributed by atoms with Gasteiger partial charge in [-0.25, -0.2) is 0 Å². The standard InChI is InChI=1S/C3H7N5/c1-2(4)3-5-7-8-6-3/h2H,4H2,1H3,(H,5,6,7,8)/t2-/m0/s1. The molecule has 0 saturated carbocycles. The van der Waals surface area contributed by atoms with Gasteiger partial charge in [0.2, 0.25) is 0 Å². The van der Waals surface area contributed by atoms with Gasteiger partial charge in [-0.3, -0.25) is 0 Å². The molecule has 0 aliphatic carbocycles. The number of tetrazole rings is 1. The lowest BCUT2D eigenvalue weighted by Gasteiger charge is -1.91. The Balaban J connectivity index is 2.77. The molecule has 1 rings (SSSR count). The van der Waals surface area contributed by atoms with Crippen LogP contribution in [0.1, 0.15) is 18.8 Å². The van der Waals surface area contributed by atoms with Gasteiger partial charge in [0.15, 0.2) is 5.82 Å². The minimum absolute atomic E-state index is 0.131. The molecule has 0 amide bonds. The van der Waals surface area contributed by atoms with Crippen molar-refractivity contribution in [2.45, 2.75) is 13.0 Å². The second-order valence-corrected chi connectivity index (χ2v) is 1.56. The zero-order valence-electron chi connectivity index (χ0n) is 4.50. The first kappa shape index (κ1) is 5.17. The Morgan fingerprint density at radius 1 is 1.75 bits per heavy atom. The molecule has 1 heterocycles. The summed E-state index contributed by atoms with van der Waals surface area (Å²) in [6.07, 6.45) is 0. The third kappa shape index (κ3) is 0.812. The average molecular weight is 113 g/mol. The van der Waals surface area contributed by atoms with Crippen LogP contribution in [-0.2, 0) is 0 Å². The van der Waals surface area contributed by atoms with Crippen molar-refractivity contribution in [3.05, 3.63) is 5.82 Å². The summed E-state index contributed by atoms with van der Waals surface area (Å²) in [4.78, 5) is 0. The molecule has 3 N–H and O–H groups in total. The highest BCUT2D eigenvalue weighted by Gasteiger charge is 2.01. The number of nitrogens with two attached hydrogens (primary N) is 1. The van der Waals surface area contributed by atoms with Crippen molar-refractivity contribution >= 4 is 0 Å². The molecular formula is C3H7N5. The van der Waals surface area contributed by atoms with Crippen LogP contribution in [0.25, 0.3) is 0 Å². The Labute approximate surface area is 46.3 Å². The highest BCUT2D eigenvalue weighted by atomic mass is 15.5. The molecule has 0 aliphatic heterocycles. The van der Waals surface area contributed by atoms with E-state index >= 15 is 0 Å². The first-order chi connectivity index (χ1) is 3.80. The van der Waals surface area contributed by atoms with Crippen LogP contribution in [0.2, 0.25) is 0 Å². The molecule has 0 aromatic carbocycles. The number of hydrogen-bond donors (Lipinski definition) is 2. The van der Waals surface area contributed by atoms with E-state index in [1.807, 2.05) is 0 Å². The fourth-order valence-corrected chi connectivity index (χ4v) is 0.362. The maximum atomic E-state index is 5.37. The lowest BCUT2D eigenvalue weighted by Crippen LogP contribution is -2.06. The zero-order chi connectivity index (χ0) is 5.98. The minimum Gasteiger partial charge on any atom is -0.321 e. The monoisotopic (exact) mass is 113 g/mol. The van der Waals surface area contributed by atoms with E-state index in [1.165, 1.54) is 0 Å². The third-order valence-corrected chi connectivity index (χ3v) is 0.769. The van der Waals surface area contributed by atoms with Gasteiger partial charge in [-0.2, -0.15) is 5.21 Å². The summed E-state index contributed by atoms with van der Waals surface area (Å²) in [5, 5.41) is 12.9. The molecule has 0 saturated heterocycles.